The van der Waals surface area contributed by atoms with Crippen LogP contribution >= 0.6 is 0 Å². The predicted molar refractivity (Wildman–Crippen MR) is 109 cm³/mol. The van der Waals surface area contributed by atoms with E-state index in [1.807, 2.05) is 37.3 Å². The van der Waals surface area contributed by atoms with Crippen molar-refractivity contribution in [1.82, 2.24) is 5.32 Å². The average Bonchev–Trinajstić information content (AvgIpc) is 2.75. The Morgan fingerprint density at radius 1 is 0.931 bits per heavy atom. The van der Waals surface area contributed by atoms with Crippen molar-refractivity contribution in [3.63, 3.8) is 0 Å². The molecule has 0 saturated heterocycles. The molecule has 1 atom stereocenters. The molecule has 0 saturated carbocycles. The van der Waals surface area contributed by atoms with Gasteiger partial charge in [-0.15, -0.1) is 0 Å². The van der Waals surface area contributed by atoms with Crippen LogP contribution in [0.4, 0.5) is 0 Å². The fraction of sp³-hybridized carbons (Fsp3) is 0.364. The molecule has 29 heavy (non-hydrogen) atoms. The molecule has 0 aliphatic rings. The van der Waals surface area contributed by atoms with Gasteiger partial charge in [-0.25, -0.2) is 4.79 Å². The molecular weight excluding hydrogens is 374 g/mol. The number of aryl methyl sites for hydroxylation is 1. The van der Waals surface area contributed by atoms with Crippen molar-refractivity contribution in [3.05, 3.63) is 53.6 Å². The van der Waals surface area contributed by atoms with E-state index in [1.54, 1.807) is 6.07 Å². The summed E-state index contributed by atoms with van der Waals surface area (Å²) in [5.74, 6) is -0.156. The molecule has 2 rings (SSSR count). The summed E-state index contributed by atoms with van der Waals surface area (Å²) < 4.78 is 20.9. The highest BCUT2D eigenvalue weighted by atomic mass is 16.5. The van der Waals surface area contributed by atoms with Crippen LogP contribution in [0.15, 0.2) is 42.5 Å². The molecule has 0 spiro atoms. The monoisotopic (exact) mass is 401 g/mol. The second-order valence-corrected chi connectivity index (χ2v) is 6.45. The van der Waals surface area contributed by atoms with E-state index in [4.69, 9.17) is 18.9 Å². The molecule has 156 valence electrons. The maximum absolute atomic E-state index is 12.4. The van der Waals surface area contributed by atoms with Gasteiger partial charge in [0.2, 0.25) is 5.75 Å². The normalized spacial score (nSPS) is 11.3. The lowest BCUT2D eigenvalue weighted by Crippen LogP contribution is -2.36. The first-order valence-electron chi connectivity index (χ1n) is 9.29. The molecule has 0 bridgehead atoms. The largest absolute Gasteiger partial charge is 0.493 e. The number of rotatable bonds is 10. The van der Waals surface area contributed by atoms with Crippen LogP contribution in [0.5, 0.6) is 17.2 Å². The summed E-state index contributed by atoms with van der Waals surface area (Å²) in [4.78, 5) is 24.5. The number of hydrogen-bond donors (Lipinski definition) is 1. The zero-order chi connectivity index (χ0) is 21.2. The Bertz CT molecular complexity index is 822. The topological polar surface area (TPSA) is 83.1 Å². The lowest BCUT2D eigenvalue weighted by atomic mass is 10.1. The number of carbonyl (C=O) groups excluding carboxylic acids is 2. The molecule has 0 fully saturated rings. The van der Waals surface area contributed by atoms with Crippen LogP contribution in [0.3, 0.4) is 0 Å². The zero-order valence-electron chi connectivity index (χ0n) is 17.2. The van der Waals surface area contributed by atoms with E-state index in [9.17, 15) is 9.59 Å². The average molecular weight is 401 g/mol. The SMILES string of the molecule is COc1ccc(C(=O)OCC(=O)N[C@H](C)CCc2ccccc2)c(OC)c1OC. The molecule has 7 nitrogen and oxygen atoms in total. The van der Waals surface area contributed by atoms with Gasteiger partial charge in [-0.1, -0.05) is 30.3 Å². The number of benzene rings is 2. The van der Waals surface area contributed by atoms with Gasteiger partial charge < -0.3 is 24.3 Å². The Morgan fingerprint density at radius 3 is 2.24 bits per heavy atom. The minimum absolute atomic E-state index is 0.0444. The Kier molecular flexibility index (Phi) is 8.33. The van der Waals surface area contributed by atoms with Gasteiger partial charge in [0.05, 0.1) is 21.3 Å². The number of hydrogen-bond acceptors (Lipinski definition) is 6. The van der Waals surface area contributed by atoms with Crippen molar-refractivity contribution < 1.29 is 28.5 Å². The van der Waals surface area contributed by atoms with Gasteiger partial charge in [-0.05, 0) is 37.5 Å². The van der Waals surface area contributed by atoms with E-state index in [0.717, 1.165) is 12.8 Å². The fourth-order valence-electron chi connectivity index (χ4n) is 2.89. The van der Waals surface area contributed by atoms with Gasteiger partial charge >= 0.3 is 5.97 Å². The van der Waals surface area contributed by atoms with Gasteiger partial charge in [0.25, 0.3) is 5.91 Å². The Hall–Kier alpha value is -3.22. The Balaban J connectivity index is 1.89. The number of esters is 1. The van der Waals surface area contributed by atoms with Crippen molar-refractivity contribution in [2.75, 3.05) is 27.9 Å². The third-order valence-electron chi connectivity index (χ3n) is 4.37. The fourth-order valence-corrected chi connectivity index (χ4v) is 2.89. The predicted octanol–water partition coefficient (Wildman–Crippen LogP) is 3.01. The van der Waals surface area contributed by atoms with Crippen molar-refractivity contribution in [2.24, 2.45) is 0 Å². The van der Waals surface area contributed by atoms with Crippen molar-refractivity contribution >= 4 is 11.9 Å². The number of methoxy groups -OCH3 is 3. The molecule has 1 N–H and O–H groups in total. The van der Waals surface area contributed by atoms with Crippen LogP contribution in [0.2, 0.25) is 0 Å². The zero-order valence-corrected chi connectivity index (χ0v) is 17.2. The quantitative estimate of drug-likeness (QED) is 0.616. The van der Waals surface area contributed by atoms with Crippen LogP contribution in [0.25, 0.3) is 0 Å². The summed E-state index contributed by atoms with van der Waals surface area (Å²) in [5, 5.41) is 2.83. The molecule has 7 heteroatoms. The molecule has 0 heterocycles. The van der Waals surface area contributed by atoms with Gasteiger partial charge in [0, 0.05) is 6.04 Å². The molecule has 2 aromatic carbocycles. The van der Waals surface area contributed by atoms with E-state index in [0.29, 0.717) is 5.75 Å². The summed E-state index contributed by atoms with van der Waals surface area (Å²) in [5.41, 5.74) is 1.36. The van der Waals surface area contributed by atoms with Gasteiger partial charge in [-0.2, -0.15) is 0 Å². The molecule has 0 aliphatic heterocycles. The number of carbonyl (C=O) groups is 2. The van der Waals surface area contributed by atoms with E-state index < -0.39 is 5.97 Å². The number of amides is 1. The summed E-state index contributed by atoms with van der Waals surface area (Å²) in [7, 11) is 4.34. The minimum atomic E-state index is -0.685. The lowest BCUT2D eigenvalue weighted by Gasteiger charge is -2.16. The summed E-state index contributed by atoms with van der Waals surface area (Å²) in [6.45, 7) is 1.53. The third-order valence-corrected chi connectivity index (χ3v) is 4.37. The second kappa shape index (κ2) is 10.9. The van der Waals surface area contributed by atoms with E-state index in [1.165, 1.54) is 33.0 Å². The van der Waals surface area contributed by atoms with Crippen LogP contribution in [-0.4, -0.2) is 45.9 Å². The van der Waals surface area contributed by atoms with Crippen molar-refractivity contribution in [3.8, 4) is 17.2 Å². The van der Waals surface area contributed by atoms with Crippen molar-refractivity contribution in [2.45, 2.75) is 25.8 Å². The lowest BCUT2D eigenvalue weighted by molar-refractivity contribution is -0.124. The molecule has 0 aromatic heterocycles. The van der Waals surface area contributed by atoms with Crippen LogP contribution in [-0.2, 0) is 16.0 Å². The Morgan fingerprint density at radius 2 is 1.62 bits per heavy atom. The first kappa shape index (κ1) is 22.1. The molecule has 0 radical (unpaired) electrons. The second-order valence-electron chi connectivity index (χ2n) is 6.45. The smallest absolute Gasteiger partial charge is 0.342 e. The van der Waals surface area contributed by atoms with Crippen LogP contribution < -0.4 is 19.5 Å². The maximum atomic E-state index is 12.4. The molecule has 0 unspecified atom stereocenters. The Labute approximate surface area is 170 Å². The molecule has 0 aliphatic carbocycles. The number of nitrogens with one attached hydrogen (secondary N) is 1. The van der Waals surface area contributed by atoms with Gasteiger partial charge in [0.1, 0.15) is 5.56 Å². The highest BCUT2D eigenvalue weighted by molar-refractivity contribution is 5.95. The summed E-state index contributed by atoms with van der Waals surface area (Å²) in [6.07, 6.45) is 1.64. The minimum Gasteiger partial charge on any atom is -0.493 e. The van der Waals surface area contributed by atoms with E-state index in [2.05, 4.69) is 5.32 Å². The third kappa shape index (κ3) is 6.14. The first-order valence-corrected chi connectivity index (χ1v) is 9.29. The van der Waals surface area contributed by atoms with Crippen molar-refractivity contribution in [1.29, 1.82) is 0 Å². The van der Waals surface area contributed by atoms with Crippen LogP contribution in [0.1, 0.15) is 29.3 Å². The molecule has 2 aromatic rings. The number of ether oxygens (including phenoxy) is 4. The van der Waals surface area contributed by atoms with Gasteiger partial charge in [0.15, 0.2) is 18.1 Å². The maximum Gasteiger partial charge on any atom is 0.342 e. The molecule has 1 amide bonds. The standard InChI is InChI=1S/C22H27NO6/c1-15(10-11-16-8-6-5-7-9-16)23-19(24)14-29-22(25)17-12-13-18(26-2)21(28-4)20(17)27-3/h5-9,12-13,15H,10-11,14H2,1-4H3,(H,23,24)/t15-/m1/s1. The highest BCUT2D eigenvalue weighted by Crippen LogP contribution is 2.39. The molecular formula is C22H27NO6. The van der Waals surface area contributed by atoms with E-state index >= 15 is 0 Å². The van der Waals surface area contributed by atoms with Gasteiger partial charge in [-0.3, -0.25) is 4.79 Å². The van der Waals surface area contributed by atoms with Crippen LogP contribution in [0, 0.1) is 0 Å². The van der Waals surface area contributed by atoms with E-state index in [-0.39, 0.29) is 35.6 Å². The highest BCUT2D eigenvalue weighted by Gasteiger charge is 2.22. The first-order chi connectivity index (χ1) is 14.0. The summed E-state index contributed by atoms with van der Waals surface area (Å²) >= 11 is 0. The summed E-state index contributed by atoms with van der Waals surface area (Å²) in [6, 6.07) is 13.1.